The first-order valence-corrected chi connectivity index (χ1v) is 7.50. The van der Waals surface area contributed by atoms with Gasteiger partial charge in [0.05, 0.1) is 0 Å². The largest absolute Gasteiger partial charge is 0.265 e. The van der Waals surface area contributed by atoms with Crippen LogP contribution in [0.2, 0.25) is 0 Å². The second kappa shape index (κ2) is 6.21. The molecular formula is C19H25N. The van der Waals surface area contributed by atoms with E-state index in [0.29, 0.717) is 11.3 Å². The Morgan fingerprint density at radius 3 is 1.95 bits per heavy atom. The molecule has 20 heavy (non-hydrogen) atoms. The Bertz CT molecular complexity index is 520. The van der Waals surface area contributed by atoms with Gasteiger partial charge in [-0.3, -0.25) is 4.98 Å². The number of pyridine rings is 1. The third-order valence-electron chi connectivity index (χ3n) is 3.75. The molecular weight excluding hydrogens is 242 g/mol. The van der Waals surface area contributed by atoms with E-state index in [-0.39, 0.29) is 0 Å². The van der Waals surface area contributed by atoms with E-state index in [2.05, 4.69) is 69.1 Å². The lowest BCUT2D eigenvalue weighted by atomic mass is 9.80. The van der Waals surface area contributed by atoms with Crippen LogP contribution in [-0.2, 0) is 0 Å². The number of nitrogens with zero attached hydrogens (tertiary/aromatic N) is 1. The van der Waals surface area contributed by atoms with Crippen LogP contribution in [0.25, 0.3) is 11.1 Å². The third-order valence-corrected chi connectivity index (χ3v) is 3.75. The third kappa shape index (κ3) is 3.93. The fourth-order valence-corrected chi connectivity index (χ4v) is 2.73. The zero-order valence-corrected chi connectivity index (χ0v) is 13.1. The lowest BCUT2D eigenvalue weighted by Gasteiger charge is -2.25. The van der Waals surface area contributed by atoms with Crippen LogP contribution >= 0.6 is 0 Å². The Hall–Kier alpha value is -1.63. The molecule has 2 aromatic rings. The molecule has 0 saturated carbocycles. The van der Waals surface area contributed by atoms with Crippen molar-refractivity contribution >= 4 is 0 Å². The summed E-state index contributed by atoms with van der Waals surface area (Å²) >= 11 is 0. The van der Waals surface area contributed by atoms with Gasteiger partial charge in [0, 0.05) is 12.4 Å². The van der Waals surface area contributed by atoms with Gasteiger partial charge in [-0.2, -0.15) is 0 Å². The van der Waals surface area contributed by atoms with Gasteiger partial charge in [0.1, 0.15) is 0 Å². The zero-order chi connectivity index (χ0) is 14.6. The maximum absolute atomic E-state index is 4.07. The molecule has 0 aliphatic rings. The summed E-state index contributed by atoms with van der Waals surface area (Å²) in [6.07, 6.45) is 6.12. The van der Waals surface area contributed by atoms with Crippen molar-refractivity contribution in [3.63, 3.8) is 0 Å². The molecule has 0 saturated heterocycles. The molecule has 1 heterocycles. The molecule has 1 atom stereocenters. The highest BCUT2D eigenvalue weighted by Gasteiger charge is 2.18. The van der Waals surface area contributed by atoms with E-state index in [1.807, 2.05) is 12.4 Å². The SMILES string of the molecule is CCC(CC(C)(C)C)c1ccc(-c2ccncc2)cc1. The number of hydrogen-bond acceptors (Lipinski definition) is 1. The zero-order valence-electron chi connectivity index (χ0n) is 13.1. The first kappa shape index (κ1) is 14.8. The second-order valence-corrected chi connectivity index (χ2v) is 6.73. The van der Waals surface area contributed by atoms with Gasteiger partial charge in [-0.05, 0) is 53.0 Å². The summed E-state index contributed by atoms with van der Waals surface area (Å²) in [4.78, 5) is 4.07. The summed E-state index contributed by atoms with van der Waals surface area (Å²) in [5.41, 5.74) is 4.34. The van der Waals surface area contributed by atoms with E-state index in [4.69, 9.17) is 0 Å². The van der Waals surface area contributed by atoms with E-state index in [0.717, 1.165) is 0 Å². The monoisotopic (exact) mass is 267 g/mol. The van der Waals surface area contributed by atoms with Crippen LogP contribution in [-0.4, -0.2) is 4.98 Å². The molecule has 0 bridgehead atoms. The first-order chi connectivity index (χ1) is 9.49. The van der Waals surface area contributed by atoms with Crippen LogP contribution in [0.1, 0.15) is 52.0 Å². The Balaban J connectivity index is 2.19. The van der Waals surface area contributed by atoms with E-state index in [1.165, 1.54) is 29.5 Å². The van der Waals surface area contributed by atoms with Crippen molar-refractivity contribution in [1.29, 1.82) is 0 Å². The van der Waals surface area contributed by atoms with Crippen molar-refractivity contribution < 1.29 is 0 Å². The standard InChI is InChI=1S/C19H25N/c1-5-15(14-19(2,3)4)16-6-8-17(9-7-16)18-10-12-20-13-11-18/h6-13,15H,5,14H2,1-4H3. The Morgan fingerprint density at radius 2 is 1.45 bits per heavy atom. The summed E-state index contributed by atoms with van der Waals surface area (Å²) < 4.78 is 0. The van der Waals surface area contributed by atoms with Gasteiger partial charge in [0.15, 0.2) is 0 Å². The summed E-state index contributed by atoms with van der Waals surface area (Å²) in [6.45, 7) is 9.25. The lowest BCUT2D eigenvalue weighted by molar-refractivity contribution is 0.335. The van der Waals surface area contributed by atoms with Crippen molar-refractivity contribution in [1.82, 2.24) is 4.98 Å². The van der Waals surface area contributed by atoms with Crippen LogP contribution < -0.4 is 0 Å². The fourth-order valence-electron chi connectivity index (χ4n) is 2.73. The minimum absolute atomic E-state index is 0.379. The minimum atomic E-state index is 0.379. The Labute approximate surface area is 123 Å². The number of benzene rings is 1. The summed E-state index contributed by atoms with van der Waals surface area (Å²) in [5, 5.41) is 0. The predicted octanol–water partition coefficient (Wildman–Crippen LogP) is 5.68. The normalized spacial score (nSPS) is 13.2. The van der Waals surface area contributed by atoms with Crippen LogP contribution in [0.3, 0.4) is 0 Å². The summed E-state index contributed by atoms with van der Waals surface area (Å²) in [5.74, 6) is 0.654. The van der Waals surface area contributed by atoms with E-state index >= 15 is 0 Å². The molecule has 0 N–H and O–H groups in total. The molecule has 1 nitrogen and oxygen atoms in total. The van der Waals surface area contributed by atoms with Gasteiger partial charge in [-0.15, -0.1) is 0 Å². The van der Waals surface area contributed by atoms with Gasteiger partial charge in [0.25, 0.3) is 0 Å². The first-order valence-electron chi connectivity index (χ1n) is 7.50. The Morgan fingerprint density at radius 1 is 0.900 bits per heavy atom. The minimum Gasteiger partial charge on any atom is -0.265 e. The van der Waals surface area contributed by atoms with Crippen molar-refractivity contribution in [3.8, 4) is 11.1 Å². The number of rotatable bonds is 4. The highest BCUT2D eigenvalue weighted by Crippen LogP contribution is 2.34. The summed E-state index contributed by atoms with van der Waals surface area (Å²) in [6, 6.07) is 13.2. The van der Waals surface area contributed by atoms with E-state index < -0.39 is 0 Å². The lowest BCUT2D eigenvalue weighted by Crippen LogP contribution is -2.11. The number of hydrogen-bond donors (Lipinski definition) is 0. The van der Waals surface area contributed by atoms with Gasteiger partial charge >= 0.3 is 0 Å². The quantitative estimate of drug-likeness (QED) is 0.694. The predicted molar refractivity (Wildman–Crippen MR) is 86.8 cm³/mol. The average molecular weight is 267 g/mol. The van der Waals surface area contributed by atoms with Crippen molar-refractivity contribution in [3.05, 3.63) is 54.4 Å². The number of aromatic nitrogens is 1. The maximum atomic E-state index is 4.07. The Kier molecular flexibility index (Phi) is 4.59. The van der Waals surface area contributed by atoms with Crippen molar-refractivity contribution in [2.75, 3.05) is 0 Å². The average Bonchev–Trinajstić information content (AvgIpc) is 2.45. The van der Waals surface area contributed by atoms with Crippen LogP contribution in [0.4, 0.5) is 0 Å². The van der Waals surface area contributed by atoms with E-state index in [9.17, 15) is 0 Å². The molecule has 0 amide bonds. The smallest absolute Gasteiger partial charge is 0.0273 e. The van der Waals surface area contributed by atoms with Gasteiger partial charge in [0.2, 0.25) is 0 Å². The van der Waals surface area contributed by atoms with Crippen molar-refractivity contribution in [2.24, 2.45) is 5.41 Å². The fraction of sp³-hybridized carbons (Fsp3) is 0.421. The maximum Gasteiger partial charge on any atom is 0.0273 e. The highest BCUT2D eigenvalue weighted by atomic mass is 14.6. The van der Waals surface area contributed by atoms with Gasteiger partial charge in [-0.1, -0.05) is 52.0 Å². The molecule has 1 aromatic carbocycles. The molecule has 0 fully saturated rings. The molecule has 0 radical (unpaired) electrons. The highest BCUT2D eigenvalue weighted by molar-refractivity contribution is 5.63. The van der Waals surface area contributed by atoms with Crippen LogP contribution in [0.5, 0.6) is 0 Å². The van der Waals surface area contributed by atoms with Crippen LogP contribution in [0.15, 0.2) is 48.8 Å². The molecule has 0 aliphatic heterocycles. The van der Waals surface area contributed by atoms with E-state index in [1.54, 1.807) is 0 Å². The molecule has 106 valence electrons. The second-order valence-electron chi connectivity index (χ2n) is 6.73. The molecule has 1 heteroatoms. The van der Waals surface area contributed by atoms with Crippen molar-refractivity contribution in [2.45, 2.75) is 46.5 Å². The van der Waals surface area contributed by atoms with Gasteiger partial charge in [-0.25, -0.2) is 0 Å². The molecule has 0 spiro atoms. The molecule has 2 rings (SSSR count). The molecule has 1 unspecified atom stereocenters. The topological polar surface area (TPSA) is 12.9 Å². The molecule has 0 aliphatic carbocycles. The molecule has 1 aromatic heterocycles. The van der Waals surface area contributed by atoms with Gasteiger partial charge < -0.3 is 0 Å². The summed E-state index contributed by atoms with van der Waals surface area (Å²) in [7, 11) is 0. The van der Waals surface area contributed by atoms with Crippen LogP contribution in [0, 0.1) is 5.41 Å².